The van der Waals surface area contributed by atoms with Gasteiger partial charge in [0, 0.05) is 5.69 Å². The number of benzene rings is 1. The summed E-state index contributed by atoms with van der Waals surface area (Å²) >= 11 is 0. The van der Waals surface area contributed by atoms with E-state index >= 15 is 0 Å². The van der Waals surface area contributed by atoms with Crippen LogP contribution >= 0.6 is 0 Å². The number of rotatable bonds is 7. The molecule has 0 radical (unpaired) electrons. The average molecular weight is 345 g/mol. The SMILES string of the molecule is CCOC(=O)C/C=C(/Nc1ccc(C(F)(F)F)cc1)C(=O)OCC. The van der Waals surface area contributed by atoms with E-state index in [1.807, 2.05) is 0 Å². The fourth-order valence-corrected chi connectivity index (χ4v) is 1.70. The van der Waals surface area contributed by atoms with Gasteiger partial charge in [0.05, 0.1) is 25.2 Å². The van der Waals surface area contributed by atoms with Crippen LogP contribution in [0.15, 0.2) is 36.0 Å². The first-order valence-electron chi connectivity index (χ1n) is 7.25. The largest absolute Gasteiger partial charge is 0.466 e. The normalized spacial score (nSPS) is 11.8. The Morgan fingerprint density at radius 1 is 1.08 bits per heavy atom. The minimum Gasteiger partial charge on any atom is -0.466 e. The van der Waals surface area contributed by atoms with Gasteiger partial charge < -0.3 is 14.8 Å². The van der Waals surface area contributed by atoms with E-state index in [1.165, 1.54) is 18.2 Å². The smallest absolute Gasteiger partial charge is 0.416 e. The molecule has 0 heterocycles. The monoisotopic (exact) mass is 345 g/mol. The summed E-state index contributed by atoms with van der Waals surface area (Å²) < 4.78 is 47.2. The molecule has 0 aromatic heterocycles. The van der Waals surface area contributed by atoms with Crippen molar-refractivity contribution in [3.63, 3.8) is 0 Å². The molecule has 0 aliphatic carbocycles. The number of nitrogens with one attached hydrogen (secondary N) is 1. The molecule has 5 nitrogen and oxygen atoms in total. The highest BCUT2D eigenvalue weighted by atomic mass is 19.4. The highest BCUT2D eigenvalue weighted by molar-refractivity contribution is 5.92. The topological polar surface area (TPSA) is 64.6 Å². The molecule has 24 heavy (non-hydrogen) atoms. The first kappa shape index (κ1) is 19.5. The summed E-state index contributed by atoms with van der Waals surface area (Å²) in [5, 5.41) is 2.65. The maximum absolute atomic E-state index is 12.5. The summed E-state index contributed by atoms with van der Waals surface area (Å²) in [5.41, 5.74) is -0.600. The van der Waals surface area contributed by atoms with E-state index in [4.69, 9.17) is 9.47 Å². The summed E-state index contributed by atoms with van der Waals surface area (Å²) in [6.07, 6.45) is -3.34. The lowest BCUT2D eigenvalue weighted by atomic mass is 10.2. The highest BCUT2D eigenvalue weighted by Gasteiger charge is 2.30. The molecule has 0 aliphatic heterocycles. The van der Waals surface area contributed by atoms with Crippen LogP contribution in [0.2, 0.25) is 0 Å². The van der Waals surface area contributed by atoms with E-state index in [9.17, 15) is 22.8 Å². The van der Waals surface area contributed by atoms with Crippen LogP contribution in [0.3, 0.4) is 0 Å². The molecule has 0 amide bonds. The van der Waals surface area contributed by atoms with Crippen molar-refractivity contribution in [2.24, 2.45) is 0 Å². The third-order valence-corrected chi connectivity index (χ3v) is 2.76. The lowest BCUT2D eigenvalue weighted by molar-refractivity contribution is -0.142. The maximum atomic E-state index is 12.5. The van der Waals surface area contributed by atoms with Gasteiger partial charge >= 0.3 is 18.1 Å². The number of ether oxygens (including phenoxy) is 2. The Balaban J connectivity index is 2.90. The minimum atomic E-state index is -4.44. The number of halogens is 3. The van der Waals surface area contributed by atoms with Crippen LogP contribution in [0.4, 0.5) is 18.9 Å². The lowest BCUT2D eigenvalue weighted by Crippen LogP contribution is -2.16. The van der Waals surface area contributed by atoms with Crippen molar-refractivity contribution in [1.29, 1.82) is 0 Å². The number of carbonyl (C=O) groups is 2. The minimum absolute atomic E-state index is 0.0512. The van der Waals surface area contributed by atoms with E-state index in [2.05, 4.69) is 5.32 Å². The summed E-state index contributed by atoms with van der Waals surface area (Å²) in [5.74, 6) is -1.25. The molecule has 8 heteroatoms. The second-order valence-electron chi connectivity index (χ2n) is 4.55. The van der Waals surface area contributed by atoms with Crippen LogP contribution in [-0.2, 0) is 25.2 Å². The summed E-state index contributed by atoms with van der Waals surface area (Å²) in [4.78, 5) is 23.2. The molecule has 0 aliphatic rings. The third-order valence-electron chi connectivity index (χ3n) is 2.76. The Hall–Kier alpha value is -2.51. The Morgan fingerprint density at radius 2 is 1.67 bits per heavy atom. The van der Waals surface area contributed by atoms with Crippen molar-refractivity contribution in [1.82, 2.24) is 0 Å². The van der Waals surface area contributed by atoms with Gasteiger partial charge in [-0.15, -0.1) is 0 Å². The highest BCUT2D eigenvalue weighted by Crippen LogP contribution is 2.30. The quantitative estimate of drug-likeness (QED) is 0.605. The van der Waals surface area contributed by atoms with Crippen LogP contribution in [0, 0.1) is 0 Å². The molecule has 1 aromatic carbocycles. The van der Waals surface area contributed by atoms with Crippen molar-refractivity contribution in [2.45, 2.75) is 26.4 Å². The number of hydrogen-bond acceptors (Lipinski definition) is 5. The van der Waals surface area contributed by atoms with Gasteiger partial charge in [0.15, 0.2) is 0 Å². The second-order valence-corrected chi connectivity index (χ2v) is 4.55. The predicted octanol–water partition coefficient (Wildman–Crippen LogP) is 3.52. The average Bonchev–Trinajstić information content (AvgIpc) is 2.51. The van der Waals surface area contributed by atoms with Crippen LogP contribution in [-0.4, -0.2) is 25.2 Å². The van der Waals surface area contributed by atoms with Gasteiger partial charge in [-0.25, -0.2) is 4.79 Å². The number of hydrogen-bond donors (Lipinski definition) is 1. The molecule has 132 valence electrons. The Labute approximate surface area is 137 Å². The molecule has 0 unspecified atom stereocenters. The van der Waals surface area contributed by atoms with E-state index in [1.54, 1.807) is 13.8 Å². The van der Waals surface area contributed by atoms with Crippen LogP contribution in [0.1, 0.15) is 25.8 Å². The van der Waals surface area contributed by atoms with Crippen molar-refractivity contribution in [2.75, 3.05) is 18.5 Å². The Morgan fingerprint density at radius 3 is 2.17 bits per heavy atom. The molecule has 0 fully saturated rings. The molecular weight excluding hydrogens is 327 g/mol. The van der Waals surface area contributed by atoms with E-state index < -0.39 is 23.7 Å². The van der Waals surface area contributed by atoms with Crippen molar-refractivity contribution >= 4 is 17.6 Å². The maximum Gasteiger partial charge on any atom is 0.416 e. The fourth-order valence-electron chi connectivity index (χ4n) is 1.70. The molecule has 0 saturated carbocycles. The first-order chi connectivity index (χ1) is 11.3. The van der Waals surface area contributed by atoms with Gasteiger partial charge in [0.2, 0.25) is 0 Å². The number of esters is 2. The van der Waals surface area contributed by atoms with Crippen molar-refractivity contribution in [3.05, 3.63) is 41.6 Å². The number of anilines is 1. The zero-order valence-corrected chi connectivity index (χ0v) is 13.3. The first-order valence-corrected chi connectivity index (χ1v) is 7.25. The van der Waals surface area contributed by atoms with E-state index in [-0.39, 0.29) is 31.0 Å². The third kappa shape index (κ3) is 6.31. The van der Waals surface area contributed by atoms with Crippen LogP contribution in [0.5, 0.6) is 0 Å². The van der Waals surface area contributed by atoms with Gasteiger partial charge in [0.1, 0.15) is 5.70 Å². The van der Waals surface area contributed by atoms with E-state index in [0.29, 0.717) is 0 Å². The summed E-state index contributed by atoms with van der Waals surface area (Å²) in [7, 11) is 0. The lowest BCUT2D eigenvalue weighted by Gasteiger charge is -2.12. The number of alkyl halides is 3. The molecule has 1 rings (SSSR count). The van der Waals surface area contributed by atoms with Crippen molar-refractivity contribution < 1.29 is 32.2 Å². The fraction of sp³-hybridized carbons (Fsp3) is 0.375. The molecule has 0 bridgehead atoms. The summed E-state index contributed by atoms with van der Waals surface area (Å²) in [6.45, 7) is 3.57. The Kier molecular flexibility index (Phi) is 7.29. The van der Waals surface area contributed by atoms with Crippen LogP contribution < -0.4 is 5.32 Å². The van der Waals surface area contributed by atoms with Gasteiger partial charge in [0.25, 0.3) is 0 Å². The molecule has 1 aromatic rings. The molecule has 0 saturated heterocycles. The zero-order chi connectivity index (χ0) is 18.2. The zero-order valence-electron chi connectivity index (χ0n) is 13.3. The Bertz CT molecular complexity index is 594. The molecule has 0 spiro atoms. The molecule has 1 N–H and O–H groups in total. The van der Waals surface area contributed by atoms with Gasteiger partial charge in [-0.05, 0) is 44.2 Å². The van der Waals surface area contributed by atoms with Gasteiger partial charge in [-0.3, -0.25) is 4.79 Å². The number of carbonyl (C=O) groups excluding carboxylic acids is 2. The van der Waals surface area contributed by atoms with E-state index in [0.717, 1.165) is 12.1 Å². The standard InChI is InChI=1S/C16H18F3NO4/c1-3-23-14(21)10-9-13(15(22)24-4-2)20-12-7-5-11(6-8-12)16(17,18)19/h5-9,20H,3-4,10H2,1-2H3/b13-9+. The van der Waals surface area contributed by atoms with Gasteiger partial charge in [-0.2, -0.15) is 13.2 Å². The van der Waals surface area contributed by atoms with Gasteiger partial charge in [-0.1, -0.05) is 0 Å². The predicted molar refractivity (Wildman–Crippen MR) is 81.0 cm³/mol. The summed E-state index contributed by atoms with van der Waals surface area (Å²) in [6, 6.07) is 4.13. The molecule has 0 atom stereocenters. The molecular formula is C16H18F3NO4. The van der Waals surface area contributed by atoms with Crippen LogP contribution in [0.25, 0.3) is 0 Å². The second kappa shape index (κ2) is 8.95. The van der Waals surface area contributed by atoms with Crippen molar-refractivity contribution in [3.8, 4) is 0 Å².